The first kappa shape index (κ1) is 10.1. The summed E-state index contributed by atoms with van der Waals surface area (Å²) in [6.45, 7) is 18.3. The maximum atomic E-state index is 6.90. The van der Waals surface area contributed by atoms with Crippen LogP contribution in [0.15, 0.2) is 22.7 Å². The van der Waals surface area contributed by atoms with Crippen molar-refractivity contribution in [1.82, 2.24) is 4.98 Å². The standard InChI is InChI=1S/C12H5BrN2/c1-7-8(2)15-11-6-9(14-3)4-5-10(11)12(7)13/h1-2,4-6H. The first-order chi connectivity index (χ1) is 7.13. The van der Waals surface area contributed by atoms with Gasteiger partial charge in [-0.25, -0.2) is 4.85 Å². The predicted octanol–water partition coefficient (Wildman–Crippen LogP) is 3.67. The molecule has 1 aromatic heterocycles. The third-order valence-electron chi connectivity index (χ3n) is 2.10. The fourth-order valence-corrected chi connectivity index (χ4v) is 1.85. The zero-order chi connectivity index (χ0) is 11.0. The van der Waals surface area contributed by atoms with Crippen LogP contribution in [0.5, 0.6) is 0 Å². The van der Waals surface area contributed by atoms with Gasteiger partial charge in [0.05, 0.1) is 17.8 Å². The van der Waals surface area contributed by atoms with E-state index in [4.69, 9.17) is 20.4 Å². The van der Waals surface area contributed by atoms with E-state index in [-0.39, 0.29) is 5.69 Å². The van der Waals surface area contributed by atoms with E-state index in [0.29, 0.717) is 16.8 Å². The molecule has 0 fully saturated rings. The zero-order valence-electron chi connectivity index (χ0n) is 7.66. The second kappa shape index (κ2) is 3.63. The van der Waals surface area contributed by atoms with Crippen molar-refractivity contribution >= 4 is 32.5 Å². The summed E-state index contributed by atoms with van der Waals surface area (Å²) in [7, 11) is 0. The molecule has 0 N–H and O–H groups in total. The van der Waals surface area contributed by atoms with Crippen LogP contribution in [0.25, 0.3) is 15.7 Å². The minimum absolute atomic E-state index is 0.275. The lowest BCUT2D eigenvalue weighted by molar-refractivity contribution is 1.30. The molecule has 0 amide bonds. The molecule has 0 aliphatic heterocycles. The number of rotatable bonds is 0. The second-order valence-electron chi connectivity index (χ2n) is 3.04. The molecule has 15 heavy (non-hydrogen) atoms. The lowest BCUT2D eigenvalue weighted by Crippen LogP contribution is -1.90. The number of pyridine rings is 1. The van der Waals surface area contributed by atoms with Gasteiger partial charge in [0.1, 0.15) is 0 Å². The molecule has 1 aromatic carbocycles. The van der Waals surface area contributed by atoms with Crippen LogP contribution in [0.2, 0.25) is 0 Å². The third kappa shape index (κ3) is 1.62. The van der Waals surface area contributed by atoms with E-state index in [0.717, 1.165) is 9.86 Å². The Balaban J connectivity index is 2.87. The summed E-state index contributed by atoms with van der Waals surface area (Å²) < 4.78 is 0.724. The largest absolute Gasteiger partial charge is 0.253 e. The van der Waals surface area contributed by atoms with Crippen LogP contribution in [0.3, 0.4) is 0 Å². The molecule has 2 aromatic rings. The second-order valence-corrected chi connectivity index (χ2v) is 3.83. The molecule has 0 spiro atoms. The number of nitrogens with zero attached hydrogens (tertiary/aromatic N) is 2. The summed E-state index contributed by atoms with van der Waals surface area (Å²) in [6.07, 6.45) is 0. The molecular weight excluding hydrogens is 252 g/mol. The van der Waals surface area contributed by atoms with Gasteiger partial charge >= 0.3 is 0 Å². The molecule has 3 heteroatoms. The minimum atomic E-state index is 0.275. The monoisotopic (exact) mass is 256 g/mol. The summed E-state index contributed by atoms with van der Waals surface area (Å²) in [5, 5.41) is 0.856. The van der Waals surface area contributed by atoms with Gasteiger partial charge in [-0.15, -0.1) is 0 Å². The van der Waals surface area contributed by atoms with Crippen LogP contribution in [-0.2, 0) is 0 Å². The van der Waals surface area contributed by atoms with Crippen molar-refractivity contribution in [2.75, 3.05) is 0 Å². The number of hydrogen-bond donors (Lipinski definition) is 0. The molecule has 0 atom stereocenters. The lowest BCUT2D eigenvalue weighted by atomic mass is 10.1. The number of aromatic nitrogens is 1. The summed E-state index contributed by atoms with van der Waals surface area (Å²) in [5.74, 6) is 0. The van der Waals surface area contributed by atoms with Crippen LogP contribution in [0, 0.1) is 20.4 Å². The first-order valence-electron chi connectivity index (χ1n) is 4.15. The average Bonchev–Trinajstić information content (AvgIpc) is 2.25. The van der Waals surface area contributed by atoms with E-state index in [2.05, 4.69) is 25.8 Å². The Hall–Kier alpha value is -1.40. The molecular formula is C12H5BrN2. The topological polar surface area (TPSA) is 17.2 Å². The molecule has 2 rings (SSSR count). The van der Waals surface area contributed by atoms with E-state index in [1.807, 2.05) is 0 Å². The van der Waals surface area contributed by atoms with Crippen LogP contribution < -0.4 is 0 Å². The van der Waals surface area contributed by atoms with Crippen molar-refractivity contribution in [1.29, 1.82) is 0 Å². The van der Waals surface area contributed by atoms with Gasteiger partial charge in [0, 0.05) is 23.7 Å². The van der Waals surface area contributed by atoms with Crippen molar-refractivity contribution in [3.8, 4) is 0 Å². The van der Waals surface area contributed by atoms with Gasteiger partial charge in [0.2, 0.25) is 0 Å². The van der Waals surface area contributed by atoms with Gasteiger partial charge < -0.3 is 0 Å². The fraction of sp³-hybridized carbons (Fsp3) is 0. The van der Waals surface area contributed by atoms with E-state index in [1.165, 1.54) is 0 Å². The first-order valence-corrected chi connectivity index (χ1v) is 4.94. The zero-order valence-corrected chi connectivity index (χ0v) is 9.25. The summed E-state index contributed by atoms with van der Waals surface area (Å²) in [6, 6.07) is 5.20. The normalized spacial score (nSPS) is 10.3. The Morgan fingerprint density at radius 2 is 2.07 bits per heavy atom. The quantitative estimate of drug-likeness (QED) is 0.658. The third-order valence-corrected chi connectivity index (χ3v) is 2.95. The molecule has 2 nitrogen and oxygen atoms in total. The summed E-state index contributed by atoms with van der Waals surface area (Å²) in [5.41, 5.74) is 1.91. The highest BCUT2D eigenvalue weighted by atomic mass is 79.9. The highest BCUT2D eigenvalue weighted by molar-refractivity contribution is 9.10. The fourth-order valence-electron chi connectivity index (χ4n) is 1.32. The van der Waals surface area contributed by atoms with E-state index < -0.39 is 0 Å². The van der Waals surface area contributed by atoms with Crippen molar-refractivity contribution in [3.05, 3.63) is 59.2 Å². The molecule has 1 heterocycles. The van der Waals surface area contributed by atoms with E-state index in [1.54, 1.807) is 18.2 Å². The molecule has 0 aliphatic rings. The number of hydrogen-bond acceptors (Lipinski definition) is 1. The lowest BCUT2D eigenvalue weighted by Gasteiger charge is -2.06. The predicted molar refractivity (Wildman–Crippen MR) is 62.5 cm³/mol. The molecule has 0 bridgehead atoms. The van der Waals surface area contributed by atoms with Crippen molar-refractivity contribution in [2.45, 2.75) is 0 Å². The van der Waals surface area contributed by atoms with E-state index >= 15 is 0 Å². The minimum Gasteiger partial charge on any atom is -0.253 e. The van der Waals surface area contributed by atoms with Crippen molar-refractivity contribution in [2.24, 2.45) is 0 Å². The summed E-state index contributed by atoms with van der Waals surface area (Å²) >= 11 is 3.36. The Bertz CT molecular complexity index is 582. The van der Waals surface area contributed by atoms with Crippen LogP contribution in [0.1, 0.15) is 11.3 Å². The Labute approximate surface area is 96.9 Å². The Morgan fingerprint density at radius 1 is 1.33 bits per heavy atom. The van der Waals surface area contributed by atoms with Gasteiger partial charge in [-0.2, -0.15) is 0 Å². The van der Waals surface area contributed by atoms with Crippen molar-refractivity contribution < 1.29 is 0 Å². The number of fused-ring (bicyclic) bond motifs is 1. The molecule has 0 saturated heterocycles. The average molecular weight is 257 g/mol. The van der Waals surface area contributed by atoms with Gasteiger partial charge in [-0.1, -0.05) is 12.1 Å². The van der Waals surface area contributed by atoms with Gasteiger partial charge in [0.15, 0.2) is 5.69 Å². The molecule has 0 saturated carbocycles. The highest BCUT2D eigenvalue weighted by Crippen LogP contribution is 2.30. The van der Waals surface area contributed by atoms with Crippen LogP contribution in [0.4, 0.5) is 5.69 Å². The highest BCUT2D eigenvalue weighted by Gasteiger charge is 2.07. The van der Waals surface area contributed by atoms with E-state index in [9.17, 15) is 0 Å². The number of benzene rings is 1. The molecule has 0 unspecified atom stereocenters. The Kier molecular flexibility index (Phi) is 2.45. The van der Waals surface area contributed by atoms with Gasteiger partial charge in [0.25, 0.3) is 0 Å². The number of halogens is 1. The van der Waals surface area contributed by atoms with Crippen LogP contribution >= 0.6 is 15.9 Å². The molecule has 70 valence electrons. The molecule has 4 radical (unpaired) electrons. The Morgan fingerprint density at radius 3 is 2.73 bits per heavy atom. The van der Waals surface area contributed by atoms with Gasteiger partial charge in [-0.05, 0) is 27.6 Å². The van der Waals surface area contributed by atoms with Gasteiger partial charge in [-0.3, -0.25) is 4.98 Å². The molecule has 0 aliphatic carbocycles. The summed E-state index contributed by atoms with van der Waals surface area (Å²) in [4.78, 5) is 7.45. The van der Waals surface area contributed by atoms with Crippen molar-refractivity contribution in [3.63, 3.8) is 0 Å². The van der Waals surface area contributed by atoms with Crippen LogP contribution in [-0.4, -0.2) is 4.98 Å². The SMILES string of the molecule is [C-]#[N+]c1ccc2c(Br)c([CH])c([CH])nc2c1. The smallest absolute Gasteiger partial charge is 0.189 e. The maximum absolute atomic E-state index is 6.90. The maximum Gasteiger partial charge on any atom is 0.189 e.